The smallest absolute Gasteiger partial charge is 0.230 e. The molecule has 1 N–H and O–H groups in total. The van der Waals surface area contributed by atoms with E-state index in [9.17, 15) is 9.59 Å². The lowest BCUT2D eigenvalue weighted by Gasteiger charge is -2.47. The molecule has 1 aliphatic carbocycles. The van der Waals surface area contributed by atoms with Crippen molar-refractivity contribution < 1.29 is 14.7 Å². The molecule has 0 aromatic heterocycles. The number of benzene rings is 1. The number of aliphatic hydroxyl groups is 1. The van der Waals surface area contributed by atoms with Crippen LogP contribution < -0.4 is 0 Å². The number of aliphatic hydroxyl groups excluding tert-OH is 1. The largest absolute Gasteiger partial charge is 0.396 e. The average Bonchev–Trinajstić information content (AvgIpc) is 3.13. The molecule has 4 rings (SSSR count). The fourth-order valence-corrected chi connectivity index (χ4v) is 5.21. The zero-order chi connectivity index (χ0) is 18.9. The molecule has 2 heterocycles. The van der Waals surface area contributed by atoms with Crippen molar-refractivity contribution in [2.45, 2.75) is 50.9 Å². The van der Waals surface area contributed by atoms with Gasteiger partial charge in [-0.05, 0) is 55.1 Å². The van der Waals surface area contributed by atoms with Crippen molar-refractivity contribution in [3.8, 4) is 0 Å². The zero-order valence-electron chi connectivity index (χ0n) is 16.0. The number of aryl methyl sites for hydroxylation is 1. The van der Waals surface area contributed by atoms with Gasteiger partial charge in [-0.25, -0.2) is 0 Å². The van der Waals surface area contributed by atoms with Gasteiger partial charge in [0, 0.05) is 39.2 Å². The molecule has 1 spiro atoms. The van der Waals surface area contributed by atoms with E-state index in [-0.39, 0.29) is 23.8 Å². The number of hydrogen-bond donors (Lipinski definition) is 1. The fraction of sp³-hybridized carbons (Fsp3) is 0.636. The van der Waals surface area contributed by atoms with Crippen LogP contribution in [0.15, 0.2) is 24.3 Å². The Morgan fingerprint density at radius 2 is 1.93 bits per heavy atom. The molecule has 2 amide bonds. The maximum atomic E-state index is 13.1. The lowest BCUT2D eigenvalue weighted by atomic mass is 9.72. The van der Waals surface area contributed by atoms with Crippen LogP contribution in [0, 0.1) is 5.41 Å². The van der Waals surface area contributed by atoms with E-state index < -0.39 is 0 Å². The fourth-order valence-electron chi connectivity index (χ4n) is 5.21. The van der Waals surface area contributed by atoms with Gasteiger partial charge in [-0.2, -0.15) is 0 Å². The Morgan fingerprint density at radius 1 is 1.15 bits per heavy atom. The average molecular weight is 370 g/mol. The van der Waals surface area contributed by atoms with E-state index in [0.717, 1.165) is 51.7 Å². The number of carbonyl (C=O) groups is 2. The third-order valence-corrected chi connectivity index (χ3v) is 6.90. The lowest BCUT2D eigenvalue weighted by molar-refractivity contribution is -0.143. The summed E-state index contributed by atoms with van der Waals surface area (Å²) < 4.78 is 0. The summed E-state index contributed by atoms with van der Waals surface area (Å²) in [6, 6.07) is 8.36. The van der Waals surface area contributed by atoms with Crippen LogP contribution in [0.2, 0.25) is 0 Å². The molecular weight excluding hydrogens is 340 g/mol. The third kappa shape index (κ3) is 3.62. The van der Waals surface area contributed by atoms with Gasteiger partial charge in [0.05, 0.1) is 5.92 Å². The number of hydrogen-bond acceptors (Lipinski definition) is 3. The number of fused-ring (bicyclic) bond motifs is 1. The van der Waals surface area contributed by atoms with Crippen molar-refractivity contribution in [2.24, 2.45) is 5.41 Å². The molecule has 0 unspecified atom stereocenters. The molecule has 27 heavy (non-hydrogen) atoms. The van der Waals surface area contributed by atoms with E-state index in [2.05, 4.69) is 23.1 Å². The molecule has 0 saturated carbocycles. The van der Waals surface area contributed by atoms with E-state index in [0.29, 0.717) is 25.3 Å². The molecular formula is C22H30N2O3. The Balaban J connectivity index is 1.37. The molecule has 1 aromatic rings. The zero-order valence-corrected chi connectivity index (χ0v) is 16.0. The van der Waals surface area contributed by atoms with Crippen molar-refractivity contribution in [1.82, 2.24) is 9.80 Å². The first kappa shape index (κ1) is 18.5. The number of piperidine rings is 2. The third-order valence-electron chi connectivity index (χ3n) is 6.90. The molecule has 1 aromatic carbocycles. The van der Waals surface area contributed by atoms with Gasteiger partial charge >= 0.3 is 0 Å². The highest BCUT2D eigenvalue weighted by atomic mass is 16.3. The summed E-state index contributed by atoms with van der Waals surface area (Å²) in [6.45, 7) is 3.18. The van der Waals surface area contributed by atoms with Gasteiger partial charge in [0.1, 0.15) is 0 Å². The predicted octanol–water partition coefficient (Wildman–Crippen LogP) is 2.33. The second-order valence-electron chi connectivity index (χ2n) is 8.51. The minimum Gasteiger partial charge on any atom is -0.396 e. The summed E-state index contributed by atoms with van der Waals surface area (Å²) in [7, 11) is 0. The molecule has 0 bridgehead atoms. The lowest BCUT2D eigenvalue weighted by Crippen LogP contribution is -2.53. The Hall–Kier alpha value is -1.88. The second kappa shape index (κ2) is 7.63. The normalized spacial score (nSPS) is 24.3. The predicted molar refractivity (Wildman–Crippen MR) is 103 cm³/mol. The van der Waals surface area contributed by atoms with Gasteiger partial charge in [0.15, 0.2) is 0 Å². The van der Waals surface area contributed by atoms with Crippen LogP contribution >= 0.6 is 0 Å². The van der Waals surface area contributed by atoms with Gasteiger partial charge in [-0.15, -0.1) is 0 Å². The van der Waals surface area contributed by atoms with Gasteiger partial charge in [-0.3, -0.25) is 9.59 Å². The number of likely N-dealkylation sites (tertiary alicyclic amines) is 2. The standard InChI is InChI=1S/C22H30N2O3/c25-15-3-12-24-16-22(9-8-20(24)26)10-13-23(14-11-22)21(27)19-7-6-17-4-1-2-5-18(17)19/h1-2,4-5,19,25H,3,6-16H2/t19-/m1/s1. The quantitative estimate of drug-likeness (QED) is 0.885. The number of rotatable bonds is 4. The summed E-state index contributed by atoms with van der Waals surface area (Å²) in [5.74, 6) is 0.540. The van der Waals surface area contributed by atoms with Crippen molar-refractivity contribution >= 4 is 11.8 Å². The van der Waals surface area contributed by atoms with Crippen LogP contribution in [0.1, 0.15) is 55.6 Å². The monoisotopic (exact) mass is 370 g/mol. The summed E-state index contributed by atoms with van der Waals surface area (Å²) in [4.78, 5) is 29.3. The first-order chi connectivity index (χ1) is 13.1. The highest BCUT2D eigenvalue weighted by Crippen LogP contribution is 2.42. The Bertz CT molecular complexity index is 709. The van der Waals surface area contributed by atoms with E-state index in [4.69, 9.17) is 5.11 Å². The topological polar surface area (TPSA) is 60.9 Å². The maximum absolute atomic E-state index is 13.1. The molecule has 2 saturated heterocycles. The van der Waals surface area contributed by atoms with Crippen LogP contribution in [0.5, 0.6) is 0 Å². The van der Waals surface area contributed by atoms with Crippen LogP contribution in [0.3, 0.4) is 0 Å². The van der Waals surface area contributed by atoms with E-state index in [1.807, 2.05) is 11.0 Å². The second-order valence-corrected chi connectivity index (χ2v) is 8.51. The number of nitrogens with zero attached hydrogens (tertiary/aromatic N) is 2. The molecule has 2 fully saturated rings. The van der Waals surface area contributed by atoms with Crippen LogP contribution in [-0.2, 0) is 16.0 Å². The number of amides is 2. The van der Waals surface area contributed by atoms with E-state index in [1.54, 1.807) is 0 Å². The summed E-state index contributed by atoms with van der Waals surface area (Å²) in [6.07, 6.45) is 6.10. The molecule has 2 aliphatic heterocycles. The summed E-state index contributed by atoms with van der Waals surface area (Å²) >= 11 is 0. The van der Waals surface area contributed by atoms with Crippen LogP contribution in [0.25, 0.3) is 0 Å². The number of carbonyl (C=O) groups excluding carboxylic acids is 2. The molecule has 3 aliphatic rings. The van der Waals surface area contributed by atoms with Crippen molar-refractivity contribution in [3.05, 3.63) is 35.4 Å². The minimum atomic E-state index is 0.0317. The Morgan fingerprint density at radius 3 is 2.70 bits per heavy atom. The molecule has 5 nitrogen and oxygen atoms in total. The first-order valence-corrected chi connectivity index (χ1v) is 10.4. The maximum Gasteiger partial charge on any atom is 0.230 e. The highest BCUT2D eigenvalue weighted by Gasteiger charge is 2.42. The van der Waals surface area contributed by atoms with Crippen LogP contribution in [-0.4, -0.2) is 59.5 Å². The Kier molecular flexibility index (Phi) is 5.22. The van der Waals surface area contributed by atoms with Crippen molar-refractivity contribution in [1.29, 1.82) is 0 Å². The van der Waals surface area contributed by atoms with Gasteiger partial charge in [0.2, 0.25) is 11.8 Å². The molecule has 0 radical (unpaired) electrons. The first-order valence-electron chi connectivity index (χ1n) is 10.4. The Labute approximate surface area is 161 Å². The van der Waals surface area contributed by atoms with Gasteiger partial charge in [0.25, 0.3) is 0 Å². The summed E-state index contributed by atoms with van der Waals surface area (Å²) in [5.41, 5.74) is 2.71. The van der Waals surface area contributed by atoms with Crippen LogP contribution in [0.4, 0.5) is 0 Å². The van der Waals surface area contributed by atoms with Gasteiger partial charge in [-0.1, -0.05) is 24.3 Å². The van der Waals surface area contributed by atoms with Gasteiger partial charge < -0.3 is 14.9 Å². The van der Waals surface area contributed by atoms with Crippen molar-refractivity contribution in [2.75, 3.05) is 32.8 Å². The van der Waals surface area contributed by atoms with E-state index >= 15 is 0 Å². The molecule has 146 valence electrons. The van der Waals surface area contributed by atoms with E-state index in [1.165, 1.54) is 11.1 Å². The highest BCUT2D eigenvalue weighted by molar-refractivity contribution is 5.85. The van der Waals surface area contributed by atoms with Crippen molar-refractivity contribution in [3.63, 3.8) is 0 Å². The molecule has 5 heteroatoms. The minimum absolute atomic E-state index is 0.0317. The SMILES string of the molecule is O=C1CCC2(CCN(C(=O)[C@@H]3CCc4ccccc43)CC2)CN1CCCO. The summed E-state index contributed by atoms with van der Waals surface area (Å²) in [5, 5.41) is 9.07. The molecule has 1 atom stereocenters.